The summed E-state index contributed by atoms with van der Waals surface area (Å²) in [6.07, 6.45) is 5.03. The van der Waals surface area contributed by atoms with Crippen molar-refractivity contribution in [3.63, 3.8) is 0 Å². The highest BCUT2D eigenvalue weighted by Crippen LogP contribution is 2.17. The van der Waals surface area contributed by atoms with Crippen molar-refractivity contribution in [2.45, 2.75) is 51.5 Å². The van der Waals surface area contributed by atoms with Crippen LogP contribution >= 0.6 is 0 Å². The van der Waals surface area contributed by atoms with Crippen LogP contribution in [0.4, 0.5) is 0 Å². The number of piperidine rings is 1. The molecule has 1 saturated heterocycles. The zero-order valence-corrected chi connectivity index (χ0v) is 11.3. The van der Waals surface area contributed by atoms with Crippen LogP contribution in [0.2, 0.25) is 0 Å². The van der Waals surface area contributed by atoms with Gasteiger partial charge in [-0.1, -0.05) is 6.92 Å². The van der Waals surface area contributed by atoms with E-state index in [1.165, 1.54) is 0 Å². The average Bonchev–Trinajstić information content (AvgIpc) is 2.37. The van der Waals surface area contributed by atoms with Crippen molar-refractivity contribution in [1.82, 2.24) is 10.2 Å². The number of nitrogens with two attached hydrogens (primary N) is 1. The standard InChI is InChI=1S/C13H25N3O2/c1-2-5-13(18)16-9-4-3-6-11(16)10-15-12(17)7-8-14/h11H,2-10,14H2,1H3,(H,15,17). The summed E-state index contributed by atoms with van der Waals surface area (Å²) in [4.78, 5) is 25.3. The third-order valence-electron chi connectivity index (χ3n) is 3.32. The number of carbonyl (C=O) groups excluding carboxylic acids is 2. The van der Waals surface area contributed by atoms with E-state index in [-0.39, 0.29) is 17.9 Å². The molecule has 0 saturated carbocycles. The van der Waals surface area contributed by atoms with E-state index in [0.29, 0.717) is 25.9 Å². The number of hydrogen-bond acceptors (Lipinski definition) is 3. The van der Waals surface area contributed by atoms with Gasteiger partial charge < -0.3 is 16.0 Å². The number of nitrogens with one attached hydrogen (secondary N) is 1. The molecule has 0 spiro atoms. The van der Waals surface area contributed by atoms with Crippen LogP contribution in [0, 0.1) is 0 Å². The Bertz CT molecular complexity index is 281. The van der Waals surface area contributed by atoms with Crippen molar-refractivity contribution in [2.24, 2.45) is 5.73 Å². The normalized spacial score (nSPS) is 19.7. The van der Waals surface area contributed by atoms with Gasteiger partial charge in [-0.15, -0.1) is 0 Å². The third-order valence-corrected chi connectivity index (χ3v) is 3.32. The Morgan fingerprint density at radius 3 is 2.78 bits per heavy atom. The van der Waals surface area contributed by atoms with Crippen LogP contribution in [0.5, 0.6) is 0 Å². The molecule has 1 aliphatic rings. The number of carbonyl (C=O) groups is 2. The first-order valence-electron chi connectivity index (χ1n) is 6.95. The van der Waals surface area contributed by atoms with Crippen LogP contribution in [0.25, 0.3) is 0 Å². The van der Waals surface area contributed by atoms with Gasteiger partial charge in [0.1, 0.15) is 0 Å². The summed E-state index contributed by atoms with van der Waals surface area (Å²) >= 11 is 0. The first kappa shape index (κ1) is 15.0. The lowest BCUT2D eigenvalue weighted by Crippen LogP contribution is -2.49. The SMILES string of the molecule is CCCC(=O)N1CCCCC1CNC(=O)CCN. The van der Waals surface area contributed by atoms with E-state index in [2.05, 4.69) is 5.32 Å². The quantitative estimate of drug-likeness (QED) is 0.731. The largest absolute Gasteiger partial charge is 0.354 e. The van der Waals surface area contributed by atoms with E-state index in [4.69, 9.17) is 5.73 Å². The highest BCUT2D eigenvalue weighted by molar-refractivity contribution is 5.77. The third kappa shape index (κ3) is 4.64. The van der Waals surface area contributed by atoms with E-state index >= 15 is 0 Å². The molecule has 5 heteroatoms. The molecule has 2 amide bonds. The van der Waals surface area contributed by atoms with E-state index in [1.54, 1.807) is 0 Å². The number of hydrogen-bond donors (Lipinski definition) is 2. The van der Waals surface area contributed by atoms with Gasteiger partial charge in [0.2, 0.25) is 11.8 Å². The molecule has 18 heavy (non-hydrogen) atoms. The van der Waals surface area contributed by atoms with Gasteiger partial charge in [0.05, 0.1) is 0 Å². The zero-order valence-electron chi connectivity index (χ0n) is 11.3. The maximum Gasteiger partial charge on any atom is 0.222 e. The molecule has 0 radical (unpaired) electrons. The molecule has 0 aromatic carbocycles. The zero-order chi connectivity index (χ0) is 13.4. The lowest BCUT2D eigenvalue weighted by atomic mass is 10.0. The highest BCUT2D eigenvalue weighted by atomic mass is 16.2. The number of amides is 2. The lowest BCUT2D eigenvalue weighted by molar-refractivity contribution is -0.135. The van der Waals surface area contributed by atoms with Crippen molar-refractivity contribution >= 4 is 11.8 Å². The molecule has 1 unspecified atom stereocenters. The summed E-state index contributed by atoms with van der Waals surface area (Å²) in [6.45, 7) is 3.78. The number of likely N-dealkylation sites (tertiary alicyclic amines) is 1. The van der Waals surface area contributed by atoms with Gasteiger partial charge in [-0.2, -0.15) is 0 Å². The van der Waals surface area contributed by atoms with E-state index < -0.39 is 0 Å². The van der Waals surface area contributed by atoms with Gasteiger partial charge in [-0.05, 0) is 25.7 Å². The first-order valence-corrected chi connectivity index (χ1v) is 6.95. The maximum absolute atomic E-state index is 12.0. The van der Waals surface area contributed by atoms with Crippen LogP contribution in [0.1, 0.15) is 45.4 Å². The first-order chi connectivity index (χ1) is 8.69. The Kier molecular flexibility index (Phi) is 6.72. The Morgan fingerprint density at radius 1 is 1.33 bits per heavy atom. The molecular formula is C13H25N3O2. The monoisotopic (exact) mass is 255 g/mol. The Balaban J connectivity index is 2.44. The van der Waals surface area contributed by atoms with Crippen molar-refractivity contribution in [3.05, 3.63) is 0 Å². The molecule has 1 fully saturated rings. The van der Waals surface area contributed by atoms with Crippen LogP contribution in [0.15, 0.2) is 0 Å². The molecule has 5 nitrogen and oxygen atoms in total. The van der Waals surface area contributed by atoms with Gasteiger partial charge in [-0.25, -0.2) is 0 Å². The summed E-state index contributed by atoms with van der Waals surface area (Å²) in [5.41, 5.74) is 5.33. The molecule has 0 aliphatic carbocycles. The fourth-order valence-corrected chi connectivity index (χ4v) is 2.35. The Labute approximate surface area is 109 Å². The minimum Gasteiger partial charge on any atom is -0.354 e. The molecule has 1 atom stereocenters. The number of nitrogens with zero attached hydrogens (tertiary/aromatic N) is 1. The summed E-state index contributed by atoms with van der Waals surface area (Å²) in [7, 11) is 0. The molecule has 1 heterocycles. The topological polar surface area (TPSA) is 75.4 Å². The van der Waals surface area contributed by atoms with Crippen molar-refractivity contribution in [2.75, 3.05) is 19.6 Å². The summed E-state index contributed by atoms with van der Waals surface area (Å²) < 4.78 is 0. The fraction of sp³-hybridized carbons (Fsp3) is 0.846. The number of rotatable bonds is 6. The van der Waals surface area contributed by atoms with Crippen LogP contribution < -0.4 is 11.1 Å². The average molecular weight is 255 g/mol. The minimum atomic E-state index is -0.0223. The molecule has 104 valence electrons. The molecule has 0 aromatic rings. The van der Waals surface area contributed by atoms with Crippen LogP contribution in [-0.2, 0) is 9.59 Å². The van der Waals surface area contributed by atoms with Crippen molar-refractivity contribution in [1.29, 1.82) is 0 Å². The smallest absolute Gasteiger partial charge is 0.222 e. The Morgan fingerprint density at radius 2 is 2.11 bits per heavy atom. The van der Waals surface area contributed by atoms with Gasteiger partial charge in [-0.3, -0.25) is 9.59 Å². The summed E-state index contributed by atoms with van der Waals surface area (Å²) in [6, 6.07) is 0.166. The van der Waals surface area contributed by atoms with Crippen molar-refractivity contribution in [3.8, 4) is 0 Å². The second-order valence-corrected chi connectivity index (χ2v) is 4.83. The molecule has 1 rings (SSSR count). The summed E-state index contributed by atoms with van der Waals surface area (Å²) in [5.74, 6) is 0.196. The predicted molar refractivity (Wildman–Crippen MR) is 70.9 cm³/mol. The van der Waals surface area contributed by atoms with Gasteiger partial charge in [0, 0.05) is 38.5 Å². The van der Waals surface area contributed by atoms with Crippen LogP contribution in [-0.4, -0.2) is 42.4 Å². The minimum absolute atomic E-state index is 0.0223. The predicted octanol–water partition coefficient (Wildman–Crippen LogP) is 0.633. The van der Waals surface area contributed by atoms with Gasteiger partial charge >= 0.3 is 0 Å². The molecule has 0 bridgehead atoms. The maximum atomic E-state index is 12.0. The van der Waals surface area contributed by atoms with Gasteiger partial charge in [0.15, 0.2) is 0 Å². The van der Waals surface area contributed by atoms with Gasteiger partial charge in [0.25, 0.3) is 0 Å². The molecule has 1 aliphatic heterocycles. The summed E-state index contributed by atoms with van der Waals surface area (Å²) in [5, 5.41) is 2.87. The highest BCUT2D eigenvalue weighted by Gasteiger charge is 2.26. The van der Waals surface area contributed by atoms with E-state index in [1.807, 2.05) is 11.8 Å². The van der Waals surface area contributed by atoms with E-state index in [9.17, 15) is 9.59 Å². The van der Waals surface area contributed by atoms with Crippen LogP contribution in [0.3, 0.4) is 0 Å². The fourth-order valence-electron chi connectivity index (χ4n) is 2.35. The molecule has 0 aromatic heterocycles. The van der Waals surface area contributed by atoms with Crippen molar-refractivity contribution < 1.29 is 9.59 Å². The second kappa shape index (κ2) is 8.08. The molecular weight excluding hydrogens is 230 g/mol. The van der Waals surface area contributed by atoms with E-state index in [0.717, 1.165) is 32.2 Å². The second-order valence-electron chi connectivity index (χ2n) is 4.83. The lowest BCUT2D eigenvalue weighted by Gasteiger charge is -2.36. The molecule has 3 N–H and O–H groups in total. The Hall–Kier alpha value is -1.10.